The summed E-state index contributed by atoms with van der Waals surface area (Å²) in [6.07, 6.45) is 2.97. The number of rotatable bonds is 7. The topological polar surface area (TPSA) is 96.5 Å². The van der Waals surface area contributed by atoms with Crippen molar-refractivity contribution in [1.29, 1.82) is 0 Å². The molecule has 0 fully saturated rings. The molecule has 7 nitrogen and oxygen atoms in total. The molecule has 0 saturated heterocycles. The molecule has 3 aromatic carbocycles. The third-order valence-electron chi connectivity index (χ3n) is 4.84. The molecule has 0 aliphatic carbocycles. The number of benzene rings is 3. The van der Waals surface area contributed by atoms with Crippen LogP contribution < -0.4 is 20.1 Å². The summed E-state index contributed by atoms with van der Waals surface area (Å²) in [6, 6.07) is 18.8. The minimum atomic E-state index is -3.75. The van der Waals surface area contributed by atoms with Gasteiger partial charge in [-0.25, -0.2) is 8.42 Å². The van der Waals surface area contributed by atoms with Gasteiger partial charge in [0.15, 0.2) is 5.11 Å². The number of amides is 1. The molecule has 0 atom stereocenters. The summed E-state index contributed by atoms with van der Waals surface area (Å²) in [7, 11) is -2.19. The molecule has 0 radical (unpaired) electrons. The molecule has 1 amide bonds. The maximum atomic E-state index is 12.7. The minimum Gasteiger partial charge on any atom is -0.496 e. The van der Waals surface area contributed by atoms with Gasteiger partial charge in [-0.3, -0.25) is 14.8 Å². The van der Waals surface area contributed by atoms with E-state index in [1.54, 1.807) is 37.5 Å². The number of sulfonamides is 1. The summed E-state index contributed by atoms with van der Waals surface area (Å²) in [5, 5.41) is 5.49. The fraction of sp³-hybridized carbons (Fsp3) is 0.120. The third-order valence-corrected chi connectivity index (χ3v) is 6.42. The van der Waals surface area contributed by atoms with Crippen molar-refractivity contribution in [3.63, 3.8) is 0 Å². The molecule has 176 valence electrons. The molecule has 3 rings (SSSR count). The van der Waals surface area contributed by atoms with E-state index >= 15 is 0 Å². The molecule has 0 bridgehead atoms. The Labute approximate surface area is 204 Å². The molecule has 0 saturated carbocycles. The first-order valence-corrected chi connectivity index (χ1v) is 12.2. The Hall–Kier alpha value is -3.69. The molecular weight excluding hydrogens is 470 g/mol. The van der Waals surface area contributed by atoms with Gasteiger partial charge in [0.1, 0.15) is 5.75 Å². The fourth-order valence-corrected chi connectivity index (χ4v) is 4.48. The van der Waals surface area contributed by atoms with Crippen LogP contribution in [0.15, 0.2) is 77.7 Å². The summed E-state index contributed by atoms with van der Waals surface area (Å²) in [6.45, 7) is 3.79. The quantitative estimate of drug-likeness (QED) is 0.326. The summed E-state index contributed by atoms with van der Waals surface area (Å²) in [5.74, 6) is 0.231. The van der Waals surface area contributed by atoms with Crippen molar-refractivity contribution in [3.8, 4) is 5.75 Å². The summed E-state index contributed by atoms with van der Waals surface area (Å²) in [4.78, 5) is 12.3. The number of carbonyl (C=O) groups excluding carboxylic acids is 1. The van der Waals surface area contributed by atoms with Gasteiger partial charge < -0.3 is 10.1 Å². The molecule has 0 unspecified atom stereocenters. The van der Waals surface area contributed by atoms with E-state index in [2.05, 4.69) is 15.4 Å². The lowest BCUT2D eigenvalue weighted by Crippen LogP contribution is -2.32. The zero-order valence-electron chi connectivity index (χ0n) is 19.0. The number of methoxy groups -OCH3 is 1. The van der Waals surface area contributed by atoms with Crippen molar-refractivity contribution in [1.82, 2.24) is 5.32 Å². The highest BCUT2D eigenvalue weighted by atomic mass is 32.2. The smallest absolute Gasteiger partial charge is 0.261 e. The maximum absolute atomic E-state index is 12.7. The molecule has 0 spiro atoms. The Kier molecular flexibility index (Phi) is 8.04. The van der Waals surface area contributed by atoms with E-state index in [1.165, 1.54) is 18.2 Å². The van der Waals surface area contributed by atoms with Crippen LogP contribution in [0.2, 0.25) is 0 Å². The number of carbonyl (C=O) groups is 1. The van der Waals surface area contributed by atoms with Crippen molar-refractivity contribution >= 4 is 50.7 Å². The summed E-state index contributed by atoms with van der Waals surface area (Å²) >= 11 is 5.18. The Balaban J connectivity index is 1.59. The van der Waals surface area contributed by atoms with Gasteiger partial charge in [0.05, 0.1) is 17.7 Å². The largest absolute Gasteiger partial charge is 0.496 e. The van der Waals surface area contributed by atoms with E-state index in [9.17, 15) is 13.2 Å². The lowest BCUT2D eigenvalue weighted by Gasteiger charge is -2.12. The van der Waals surface area contributed by atoms with Gasteiger partial charge in [-0.2, -0.15) is 0 Å². The van der Waals surface area contributed by atoms with Gasteiger partial charge in [-0.1, -0.05) is 35.9 Å². The molecule has 0 aromatic heterocycles. The Morgan fingerprint density at radius 1 is 1.00 bits per heavy atom. The predicted molar refractivity (Wildman–Crippen MR) is 140 cm³/mol. The van der Waals surface area contributed by atoms with E-state index < -0.39 is 15.9 Å². The first kappa shape index (κ1) is 24.9. The second-order valence-corrected chi connectivity index (χ2v) is 9.56. The van der Waals surface area contributed by atoms with Crippen LogP contribution in [-0.2, 0) is 14.8 Å². The van der Waals surface area contributed by atoms with Crippen molar-refractivity contribution in [3.05, 3.63) is 89.5 Å². The van der Waals surface area contributed by atoms with Crippen molar-refractivity contribution in [2.75, 3.05) is 17.1 Å². The van der Waals surface area contributed by atoms with Crippen molar-refractivity contribution in [2.24, 2.45) is 0 Å². The second-order valence-electron chi connectivity index (χ2n) is 7.47. The highest BCUT2D eigenvalue weighted by Crippen LogP contribution is 2.22. The predicted octanol–water partition coefficient (Wildman–Crippen LogP) is 4.64. The van der Waals surface area contributed by atoms with Crippen LogP contribution in [0.4, 0.5) is 11.4 Å². The van der Waals surface area contributed by atoms with E-state index in [4.69, 9.17) is 17.0 Å². The minimum absolute atomic E-state index is 0.0821. The Bertz CT molecular complexity index is 1330. The monoisotopic (exact) mass is 495 g/mol. The van der Waals surface area contributed by atoms with Crippen molar-refractivity contribution in [2.45, 2.75) is 18.7 Å². The van der Waals surface area contributed by atoms with Gasteiger partial charge in [0.25, 0.3) is 10.0 Å². The van der Waals surface area contributed by atoms with Crippen LogP contribution >= 0.6 is 12.2 Å². The first-order chi connectivity index (χ1) is 16.2. The zero-order valence-corrected chi connectivity index (χ0v) is 20.6. The fourth-order valence-electron chi connectivity index (χ4n) is 3.13. The van der Waals surface area contributed by atoms with E-state index in [1.807, 2.05) is 44.2 Å². The van der Waals surface area contributed by atoms with Crippen LogP contribution in [0.1, 0.15) is 16.7 Å². The molecule has 34 heavy (non-hydrogen) atoms. The average molecular weight is 496 g/mol. The van der Waals surface area contributed by atoms with Crippen LogP contribution in [0.5, 0.6) is 5.75 Å². The molecule has 0 aliphatic heterocycles. The van der Waals surface area contributed by atoms with E-state index in [-0.39, 0.29) is 10.0 Å². The van der Waals surface area contributed by atoms with Gasteiger partial charge in [0.2, 0.25) is 5.91 Å². The van der Waals surface area contributed by atoms with Gasteiger partial charge in [-0.15, -0.1) is 0 Å². The van der Waals surface area contributed by atoms with Gasteiger partial charge >= 0.3 is 0 Å². The van der Waals surface area contributed by atoms with Gasteiger partial charge in [-0.05, 0) is 74.1 Å². The lowest BCUT2D eigenvalue weighted by molar-refractivity contribution is -0.115. The van der Waals surface area contributed by atoms with E-state index in [0.717, 1.165) is 16.7 Å². The molecule has 3 aromatic rings. The normalized spacial score (nSPS) is 11.1. The number of para-hydroxylation sites is 1. The zero-order chi connectivity index (χ0) is 24.7. The number of thiocarbonyl (C=S) groups is 1. The maximum Gasteiger partial charge on any atom is 0.261 e. The highest BCUT2D eigenvalue weighted by molar-refractivity contribution is 7.92. The second kappa shape index (κ2) is 11.0. The molecule has 9 heteroatoms. The number of nitrogens with one attached hydrogen (secondary N) is 3. The standard InChI is InChI=1S/C25H25N3O4S2/c1-17-8-14-22(18(2)16-17)28-34(30,31)21-12-10-20(11-13-21)26-25(33)27-24(29)15-9-19-6-4-5-7-23(19)32-3/h4-16,28H,1-3H3,(H2,26,27,29,33). The van der Waals surface area contributed by atoms with Crippen LogP contribution in [0.25, 0.3) is 6.08 Å². The number of ether oxygens (including phenoxy) is 1. The summed E-state index contributed by atoms with van der Waals surface area (Å²) < 4.78 is 33.3. The van der Waals surface area contributed by atoms with Crippen LogP contribution in [-0.4, -0.2) is 26.5 Å². The highest BCUT2D eigenvalue weighted by Gasteiger charge is 2.15. The molecule has 0 aliphatic rings. The van der Waals surface area contributed by atoms with Crippen LogP contribution in [0.3, 0.4) is 0 Å². The Morgan fingerprint density at radius 3 is 2.38 bits per heavy atom. The molecular formula is C25H25N3O4S2. The SMILES string of the molecule is COc1ccccc1C=CC(=O)NC(=S)Nc1ccc(S(=O)(=O)Nc2ccc(C)cc2C)cc1. The number of aryl methyl sites for hydroxylation is 2. The van der Waals surface area contributed by atoms with Crippen molar-refractivity contribution < 1.29 is 17.9 Å². The first-order valence-electron chi connectivity index (χ1n) is 10.3. The number of anilines is 2. The van der Waals surface area contributed by atoms with E-state index in [0.29, 0.717) is 17.1 Å². The summed E-state index contributed by atoms with van der Waals surface area (Å²) in [5.41, 5.74) is 3.70. The average Bonchev–Trinajstić information content (AvgIpc) is 2.80. The van der Waals surface area contributed by atoms with Crippen LogP contribution in [0, 0.1) is 13.8 Å². The Morgan fingerprint density at radius 2 is 1.71 bits per heavy atom. The molecule has 3 N–H and O–H groups in total. The third kappa shape index (κ3) is 6.66. The molecule has 0 heterocycles. The van der Waals surface area contributed by atoms with Gasteiger partial charge in [0, 0.05) is 17.3 Å². The lowest BCUT2D eigenvalue weighted by atomic mass is 10.1. The number of hydrogen-bond donors (Lipinski definition) is 3. The number of hydrogen-bond acceptors (Lipinski definition) is 5.